The quantitative estimate of drug-likeness (QED) is 0.364. The molecule has 1 atom stereocenters. The van der Waals surface area contributed by atoms with E-state index in [1.165, 1.54) is 27.1 Å². The van der Waals surface area contributed by atoms with Crippen LogP contribution in [0.1, 0.15) is 18.5 Å². The van der Waals surface area contributed by atoms with Crippen LogP contribution in [-0.4, -0.2) is 0 Å². The van der Waals surface area contributed by atoms with Crippen molar-refractivity contribution in [1.29, 1.82) is 0 Å². The lowest BCUT2D eigenvalue weighted by Gasteiger charge is -2.14. The Labute approximate surface area is 130 Å². The van der Waals surface area contributed by atoms with Gasteiger partial charge >= 0.3 is 0 Å². The monoisotopic (exact) mass is 284 g/mol. The molecule has 0 aliphatic heterocycles. The fourth-order valence-electron chi connectivity index (χ4n) is 3.32. The number of nitrogens with zero attached hydrogens (tertiary/aromatic N) is 1. The van der Waals surface area contributed by atoms with Crippen LogP contribution in [0.5, 0.6) is 0 Å². The Kier molecular flexibility index (Phi) is 3.12. The van der Waals surface area contributed by atoms with Gasteiger partial charge in [0.15, 0.2) is 18.4 Å². The molecule has 0 saturated carbocycles. The number of benzene rings is 3. The van der Waals surface area contributed by atoms with Crippen molar-refractivity contribution < 1.29 is 4.57 Å². The average Bonchev–Trinajstić information content (AvgIpc) is 2.60. The fraction of sp³-hybridized carbons (Fsp3) is 0.0952. The van der Waals surface area contributed by atoms with Crippen LogP contribution in [0.25, 0.3) is 21.5 Å². The SMILES string of the molecule is CC(c1c2ccccc2cc2ccccc12)[n+]1ccccc1. The van der Waals surface area contributed by atoms with Crippen LogP contribution in [0.3, 0.4) is 0 Å². The van der Waals surface area contributed by atoms with Crippen molar-refractivity contribution in [2.24, 2.45) is 0 Å². The van der Waals surface area contributed by atoms with Gasteiger partial charge in [0.2, 0.25) is 0 Å². The maximum Gasteiger partial charge on any atom is 0.181 e. The van der Waals surface area contributed by atoms with Crippen molar-refractivity contribution in [3.63, 3.8) is 0 Å². The van der Waals surface area contributed by atoms with Gasteiger partial charge in [0.25, 0.3) is 0 Å². The minimum Gasteiger partial charge on any atom is -0.198 e. The Hall–Kier alpha value is -2.67. The first kappa shape index (κ1) is 13.0. The maximum absolute atomic E-state index is 2.29. The summed E-state index contributed by atoms with van der Waals surface area (Å²) in [4.78, 5) is 0. The van der Waals surface area contributed by atoms with E-state index in [9.17, 15) is 0 Å². The van der Waals surface area contributed by atoms with Crippen molar-refractivity contribution in [2.45, 2.75) is 13.0 Å². The molecule has 0 fully saturated rings. The van der Waals surface area contributed by atoms with E-state index in [2.05, 4.69) is 96.7 Å². The third-order valence-electron chi connectivity index (χ3n) is 4.42. The van der Waals surface area contributed by atoms with Gasteiger partial charge in [0, 0.05) is 24.6 Å². The van der Waals surface area contributed by atoms with Gasteiger partial charge in [-0.3, -0.25) is 0 Å². The molecule has 106 valence electrons. The van der Waals surface area contributed by atoms with Crippen molar-refractivity contribution in [2.75, 3.05) is 0 Å². The second-order valence-corrected chi connectivity index (χ2v) is 5.73. The fourth-order valence-corrected chi connectivity index (χ4v) is 3.32. The van der Waals surface area contributed by atoms with Gasteiger partial charge < -0.3 is 0 Å². The standard InChI is InChI=1S/C21H18N/c1-16(22-13-7-2-8-14-22)21-19-11-5-3-9-17(19)15-18-10-4-6-12-20(18)21/h2-16H,1H3/q+1. The zero-order valence-electron chi connectivity index (χ0n) is 12.6. The van der Waals surface area contributed by atoms with E-state index in [1.54, 1.807) is 0 Å². The van der Waals surface area contributed by atoms with E-state index in [1.807, 2.05) is 0 Å². The first-order chi connectivity index (χ1) is 10.8. The predicted octanol–water partition coefficient (Wildman–Crippen LogP) is 4.89. The molecule has 0 amide bonds. The Bertz CT molecular complexity index is 887. The molecule has 0 aliphatic carbocycles. The molecule has 1 nitrogen and oxygen atoms in total. The number of hydrogen-bond acceptors (Lipinski definition) is 0. The zero-order chi connectivity index (χ0) is 14.9. The molecule has 0 saturated heterocycles. The summed E-state index contributed by atoms with van der Waals surface area (Å²) in [5, 5.41) is 5.29. The van der Waals surface area contributed by atoms with Gasteiger partial charge in [-0.25, -0.2) is 0 Å². The summed E-state index contributed by atoms with van der Waals surface area (Å²) in [5.74, 6) is 0. The van der Waals surface area contributed by atoms with E-state index < -0.39 is 0 Å². The first-order valence-electron chi connectivity index (χ1n) is 7.71. The summed E-state index contributed by atoms with van der Waals surface area (Å²) in [6.07, 6.45) is 4.28. The molecule has 1 heteroatoms. The van der Waals surface area contributed by atoms with Crippen molar-refractivity contribution in [1.82, 2.24) is 0 Å². The highest BCUT2D eigenvalue weighted by Gasteiger charge is 2.20. The molecule has 22 heavy (non-hydrogen) atoms. The maximum atomic E-state index is 2.29. The third kappa shape index (κ3) is 2.06. The molecule has 3 aromatic carbocycles. The van der Waals surface area contributed by atoms with E-state index >= 15 is 0 Å². The molecule has 4 aromatic rings. The van der Waals surface area contributed by atoms with E-state index in [-0.39, 0.29) is 6.04 Å². The molecule has 0 spiro atoms. The number of rotatable bonds is 2. The van der Waals surface area contributed by atoms with Gasteiger partial charge in [0.1, 0.15) is 0 Å². The molecule has 0 N–H and O–H groups in total. The summed E-state index contributed by atoms with van der Waals surface area (Å²) in [6.45, 7) is 2.27. The molecule has 0 bridgehead atoms. The molecular weight excluding hydrogens is 266 g/mol. The van der Waals surface area contributed by atoms with Crippen LogP contribution in [0.2, 0.25) is 0 Å². The van der Waals surface area contributed by atoms with Crippen molar-refractivity contribution in [3.05, 3.63) is 90.8 Å². The largest absolute Gasteiger partial charge is 0.198 e. The molecular formula is C21H18N+. The molecule has 1 unspecified atom stereocenters. The van der Waals surface area contributed by atoms with E-state index in [0.717, 1.165) is 0 Å². The third-order valence-corrected chi connectivity index (χ3v) is 4.42. The Morgan fingerprint density at radius 1 is 0.682 bits per heavy atom. The minimum absolute atomic E-state index is 0.289. The summed E-state index contributed by atoms with van der Waals surface area (Å²) < 4.78 is 2.27. The second kappa shape index (κ2) is 5.27. The van der Waals surface area contributed by atoms with Crippen LogP contribution in [0, 0.1) is 0 Å². The molecule has 0 radical (unpaired) electrons. The van der Waals surface area contributed by atoms with E-state index in [0.29, 0.717) is 0 Å². The lowest BCUT2D eigenvalue weighted by atomic mass is 9.92. The van der Waals surface area contributed by atoms with Crippen LogP contribution in [0.4, 0.5) is 0 Å². The van der Waals surface area contributed by atoms with Gasteiger partial charge in [0.05, 0.1) is 0 Å². The topological polar surface area (TPSA) is 3.88 Å². The molecule has 0 aliphatic rings. The Morgan fingerprint density at radius 3 is 1.82 bits per heavy atom. The number of pyridine rings is 1. The highest BCUT2D eigenvalue weighted by atomic mass is 15.0. The van der Waals surface area contributed by atoms with Crippen LogP contribution < -0.4 is 4.57 Å². The second-order valence-electron chi connectivity index (χ2n) is 5.73. The van der Waals surface area contributed by atoms with Gasteiger partial charge in [-0.15, -0.1) is 0 Å². The lowest BCUT2D eigenvalue weighted by Crippen LogP contribution is -2.37. The van der Waals surface area contributed by atoms with Crippen molar-refractivity contribution in [3.8, 4) is 0 Å². The number of hydrogen-bond donors (Lipinski definition) is 0. The summed E-state index contributed by atoms with van der Waals surface area (Å²) in [7, 11) is 0. The lowest BCUT2D eigenvalue weighted by molar-refractivity contribution is -0.710. The smallest absolute Gasteiger partial charge is 0.181 e. The van der Waals surface area contributed by atoms with Crippen LogP contribution in [-0.2, 0) is 0 Å². The molecule has 1 heterocycles. The van der Waals surface area contributed by atoms with E-state index in [4.69, 9.17) is 0 Å². The predicted molar refractivity (Wildman–Crippen MR) is 91.9 cm³/mol. The highest BCUT2D eigenvalue weighted by Crippen LogP contribution is 2.32. The Balaban J connectivity index is 2.08. The normalized spacial score (nSPS) is 12.6. The molecule has 4 rings (SSSR count). The van der Waals surface area contributed by atoms with Gasteiger partial charge in [-0.2, -0.15) is 4.57 Å². The van der Waals surface area contributed by atoms with Gasteiger partial charge in [-0.05, 0) is 27.6 Å². The van der Waals surface area contributed by atoms with Gasteiger partial charge in [-0.1, -0.05) is 54.6 Å². The first-order valence-corrected chi connectivity index (χ1v) is 7.71. The summed E-state index contributed by atoms with van der Waals surface area (Å²) in [5.41, 5.74) is 1.39. The summed E-state index contributed by atoms with van der Waals surface area (Å²) >= 11 is 0. The average molecular weight is 284 g/mol. The number of fused-ring (bicyclic) bond motifs is 2. The number of aromatic nitrogens is 1. The van der Waals surface area contributed by atoms with Crippen LogP contribution >= 0.6 is 0 Å². The summed E-state index contributed by atoms with van der Waals surface area (Å²) in [6, 6.07) is 26.2. The molecule has 1 aromatic heterocycles. The zero-order valence-corrected chi connectivity index (χ0v) is 12.6. The van der Waals surface area contributed by atoms with Crippen LogP contribution in [0.15, 0.2) is 85.2 Å². The Morgan fingerprint density at radius 2 is 1.23 bits per heavy atom. The van der Waals surface area contributed by atoms with Crippen molar-refractivity contribution >= 4 is 21.5 Å². The highest BCUT2D eigenvalue weighted by molar-refractivity contribution is 6.02. The minimum atomic E-state index is 0.289.